The van der Waals surface area contributed by atoms with Crippen LogP contribution in [0.4, 0.5) is 8.78 Å². The lowest BCUT2D eigenvalue weighted by Gasteiger charge is -2.22. The molecular weight excluding hydrogens is 452 g/mol. The number of sulfonamides is 1. The van der Waals surface area contributed by atoms with Crippen molar-refractivity contribution < 1.29 is 40.7 Å². The zero-order chi connectivity index (χ0) is 23.3. The second-order valence-electron chi connectivity index (χ2n) is 6.95. The van der Waals surface area contributed by atoms with E-state index in [-0.39, 0.29) is 42.1 Å². The molecule has 10 nitrogen and oxygen atoms in total. The van der Waals surface area contributed by atoms with Crippen LogP contribution in [0.3, 0.4) is 0 Å². The van der Waals surface area contributed by atoms with Crippen molar-refractivity contribution in [1.82, 2.24) is 14.4 Å². The third-order valence-corrected chi connectivity index (χ3v) is 6.81. The second-order valence-corrected chi connectivity index (χ2v) is 8.99. The summed E-state index contributed by atoms with van der Waals surface area (Å²) in [5, 5.41) is 3.78. The van der Waals surface area contributed by atoms with E-state index in [0.717, 1.165) is 0 Å². The van der Waals surface area contributed by atoms with Gasteiger partial charge in [0.25, 0.3) is 5.89 Å². The Morgan fingerprint density at radius 3 is 2.81 bits per heavy atom. The van der Waals surface area contributed by atoms with Gasteiger partial charge in [0, 0.05) is 12.1 Å². The molecule has 0 amide bonds. The molecule has 2 heterocycles. The molecular formula is C19H23F2N3O7S. The molecule has 3 rings (SSSR count). The first kappa shape index (κ1) is 23.9. The van der Waals surface area contributed by atoms with Crippen molar-refractivity contribution in [2.75, 3.05) is 19.4 Å². The third kappa shape index (κ3) is 5.51. The van der Waals surface area contributed by atoms with Gasteiger partial charge in [-0.25, -0.2) is 8.42 Å². The minimum absolute atomic E-state index is 0.0128. The van der Waals surface area contributed by atoms with Gasteiger partial charge in [-0.1, -0.05) is 12.1 Å². The van der Waals surface area contributed by atoms with Crippen molar-refractivity contribution in [3.63, 3.8) is 0 Å². The molecule has 0 bridgehead atoms. The molecule has 1 aliphatic rings. The lowest BCUT2D eigenvalue weighted by Crippen LogP contribution is -2.42. The van der Waals surface area contributed by atoms with Crippen LogP contribution in [0.5, 0.6) is 11.5 Å². The van der Waals surface area contributed by atoms with Crippen LogP contribution < -0.4 is 9.47 Å². The molecule has 0 aliphatic carbocycles. The topological polar surface area (TPSA) is 121 Å². The lowest BCUT2D eigenvalue weighted by molar-refractivity contribution is -0.149. The van der Waals surface area contributed by atoms with Crippen LogP contribution in [0.2, 0.25) is 0 Å². The molecule has 1 fully saturated rings. The highest BCUT2D eigenvalue weighted by Gasteiger charge is 2.39. The van der Waals surface area contributed by atoms with Gasteiger partial charge in [-0.2, -0.15) is 18.1 Å². The molecule has 2 aromatic rings. The average molecular weight is 475 g/mol. The number of nitrogens with zero attached hydrogens (tertiary/aromatic N) is 3. The summed E-state index contributed by atoms with van der Waals surface area (Å²) < 4.78 is 70.5. The van der Waals surface area contributed by atoms with E-state index in [1.807, 2.05) is 0 Å². The van der Waals surface area contributed by atoms with E-state index in [0.29, 0.717) is 24.8 Å². The standard InChI is InChI=1S/C19H23F2N3O7S/c1-3-9-32(26,27)24-8-4-5-13(24)18(25)29-11-16-22-17(23-31-16)12-6-7-14(30-19(20)21)15(10-12)28-2/h6-7,10,13,19H,3-5,8-9,11H2,1-2H3. The van der Waals surface area contributed by atoms with E-state index in [1.165, 1.54) is 29.6 Å². The maximum absolute atomic E-state index is 12.5. The normalized spacial score (nSPS) is 17.0. The first-order valence-electron chi connectivity index (χ1n) is 9.87. The second kappa shape index (κ2) is 10.2. The number of alkyl halides is 2. The Bertz CT molecular complexity index is 1050. The van der Waals surface area contributed by atoms with E-state index in [9.17, 15) is 22.0 Å². The van der Waals surface area contributed by atoms with E-state index >= 15 is 0 Å². The van der Waals surface area contributed by atoms with Crippen molar-refractivity contribution >= 4 is 16.0 Å². The molecule has 1 unspecified atom stereocenters. The number of hydrogen-bond acceptors (Lipinski definition) is 9. The van der Waals surface area contributed by atoms with Crippen LogP contribution in [0.25, 0.3) is 11.4 Å². The number of rotatable bonds is 10. The number of esters is 1. The number of halogens is 2. The number of carbonyl (C=O) groups is 1. The largest absolute Gasteiger partial charge is 0.493 e. The minimum atomic E-state index is -3.52. The van der Waals surface area contributed by atoms with Crippen molar-refractivity contribution in [3.05, 3.63) is 24.1 Å². The number of methoxy groups -OCH3 is 1. The molecule has 13 heteroatoms. The summed E-state index contributed by atoms with van der Waals surface area (Å²) in [4.78, 5) is 16.6. The fourth-order valence-electron chi connectivity index (χ4n) is 3.34. The number of hydrogen-bond donors (Lipinski definition) is 0. The lowest BCUT2D eigenvalue weighted by atomic mass is 10.2. The van der Waals surface area contributed by atoms with E-state index < -0.39 is 28.6 Å². The summed E-state index contributed by atoms with van der Waals surface area (Å²) in [6.07, 6.45) is 1.40. The average Bonchev–Trinajstić information content (AvgIpc) is 3.42. The van der Waals surface area contributed by atoms with Crippen LogP contribution in [0.15, 0.2) is 22.7 Å². The minimum Gasteiger partial charge on any atom is -0.493 e. The maximum atomic E-state index is 12.5. The van der Waals surface area contributed by atoms with Gasteiger partial charge in [0.2, 0.25) is 15.8 Å². The van der Waals surface area contributed by atoms with Gasteiger partial charge in [0.1, 0.15) is 6.04 Å². The highest BCUT2D eigenvalue weighted by atomic mass is 32.2. The third-order valence-electron chi connectivity index (χ3n) is 4.74. The quantitative estimate of drug-likeness (QED) is 0.477. The van der Waals surface area contributed by atoms with Crippen molar-refractivity contribution in [1.29, 1.82) is 0 Å². The van der Waals surface area contributed by atoms with Gasteiger partial charge < -0.3 is 18.7 Å². The predicted octanol–water partition coefficient (Wildman–Crippen LogP) is 2.59. The summed E-state index contributed by atoms with van der Waals surface area (Å²) >= 11 is 0. The molecule has 1 aliphatic heterocycles. The highest BCUT2D eigenvalue weighted by Crippen LogP contribution is 2.32. The molecule has 0 radical (unpaired) electrons. The van der Waals surface area contributed by atoms with Crippen molar-refractivity contribution in [2.45, 2.75) is 45.4 Å². The molecule has 0 saturated carbocycles. The zero-order valence-corrected chi connectivity index (χ0v) is 18.3. The molecule has 32 heavy (non-hydrogen) atoms. The van der Waals surface area contributed by atoms with E-state index in [4.69, 9.17) is 14.0 Å². The Labute approximate surface area is 183 Å². The molecule has 0 spiro atoms. The summed E-state index contributed by atoms with van der Waals surface area (Å²) in [5.74, 6) is -0.712. The fourth-order valence-corrected chi connectivity index (χ4v) is 5.08. The van der Waals surface area contributed by atoms with Gasteiger partial charge in [-0.15, -0.1) is 0 Å². The van der Waals surface area contributed by atoms with Crippen LogP contribution in [0, 0.1) is 0 Å². The monoisotopic (exact) mass is 475 g/mol. The van der Waals surface area contributed by atoms with Gasteiger partial charge >= 0.3 is 12.6 Å². The maximum Gasteiger partial charge on any atom is 0.387 e. The van der Waals surface area contributed by atoms with Gasteiger partial charge in [-0.05, 0) is 37.5 Å². The van der Waals surface area contributed by atoms with Crippen LogP contribution in [-0.4, -0.2) is 60.9 Å². The Kier molecular flexibility index (Phi) is 7.61. The molecule has 176 valence electrons. The number of benzene rings is 1. The molecule has 1 saturated heterocycles. The van der Waals surface area contributed by atoms with Gasteiger partial charge in [0.15, 0.2) is 18.1 Å². The Morgan fingerprint density at radius 1 is 1.34 bits per heavy atom. The van der Waals surface area contributed by atoms with E-state index in [1.54, 1.807) is 6.92 Å². The number of aromatic nitrogens is 2. The predicted molar refractivity (Wildman–Crippen MR) is 107 cm³/mol. The van der Waals surface area contributed by atoms with Crippen molar-refractivity contribution in [3.8, 4) is 22.9 Å². The Hall–Kier alpha value is -2.80. The first-order valence-corrected chi connectivity index (χ1v) is 11.5. The van der Waals surface area contributed by atoms with Crippen LogP contribution >= 0.6 is 0 Å². The number of carbonyl (C=O) groups excluding carboxylic acids is 1. The molecule has 1 aromatic heterocycles. The Morgan fingerprint density at radius 2 is 2.12 bits per heavy atom. The Balaban J connectivity index is 1.65. The smallest absolute Gasteiger partial charge is 0.387 e. The zero-order valence-electron chi connectivity index (χ0n) is 17.5. The fraction of sp³-hybridized carbons (Fsp3) is 0.526. The number of ether oxygens (including phenoxy) is 3. The van der Waals surface area contributed by atoms with Crippen LogP contribution in [0.1, 0.15) is 32.1 Å². The van der Waals surface area contributed by atoms with Crippen molar-refractivity contribution in [2.24, 2.45) is 0 Å². The first-order chi connectivity index (χ1) is 15.2. The van der Waals surface area contributed by atoms with E-state index in [2.05, 4.69) is 14.9 Å². The molecule has 1 aromatic carbocycles. The summed E-state index contributed by atoms with van der Waals surface area (Å²) in [5.41, 5.74) is 0.400. The highest BCUT2D eigenvalue weighted by molar-refractivity contribution is 7.89. The molecule has 1 atom stereocenters. The van der Waals surface area contributed by atoms with Crippen LogP contribution in [-0.2, 0) is 26.2 Å². The SMILES string of the molecule is CCCS(=O)(=O)N1CCCC1C(=O)OCc1nc(-c2ccc(OC(F)F)c(OC)c2)no1. The summed E-state index contributed by atoms with van der Waals surface area (Å²) in [7, 11) is -2.23. The summed E-state index contributed by atoms with van der Waals surface area (Å²) in [6.45, 7) is -1.31. The van der Waals surface area contributed by atoms with Gasteiger partial charge in [0.05, 0.1) is 12.9 Å². The molecule has 0 N–H and O–H groups in total. The summed E-state index contributed by atoms with van der Waals surface area (Å²) in [6, 6.07) is 3.24. The van der Waals surface area contributed by atoms with Gasteiger partial charge in [-0.3, -0.25) is 4.79 Å².